The normalized spacial score (nSPS) is 22.0. The van der Waals surface area contributed by atoms with Crippen molar-refractivity contribution in [3.05, 3.63) is 0 Å². The van der Waals surface area contributed by atoms with Crippen LogP contribution < -0.4 is 26.6 Å². The second kappa shape index (κ2) is 19.0. The van der Waals surface area contributed by atoms with E-state index in [4.69, 9.17) is 0 Å². The fourth-order valence-electron chi connectivity index (χ4n) is 4.51. The molecule has 0 spiro atoms. The summed E-state index contributed by atoms with van der Waals surface area (Å²) in [6.45, 7) is 10.7. The van der Waals surface area contributed by atoms with Crippen molar-refractivity contribution in [2.24, 2.45) is 5.92 Å². The number of carbonyl (C=O) groups is 4. The summed E-state index contributed by atoms with van der Waals surface area (Å²) in [5.41, 5.74) is 0. The van der Waals surface area contributed by atoms with E-state index in [0.717, 1.165) is 38.6 Å². The molecular weight excluding hydrogens is 470 g/mol. The van der Waals surface area contributed by atoms with Crippen molar-refractivity contribution in [3.63, 3.8) is 0 Å². The molecule has 0 aromatic heterocycles. The maximum atomic E-state index is 13.2. The number of hydrogen-bond acceptors (Lipinski definition) is 5. The number of carbonyl (C=O) groups excluding carboxylic acids is 4. The molecule has 0 aromatic rings. The Morgan fingerprint density at radius 2 is 1.41 bits per heavy atom. The van der Waals surface area contributed by atoms with Crippen LogP contribution in [0, 0.1) is 5.92 Å². The molecule has 5 N–H and O–H groups in total. The molecule has 0 aromatic carbocycles. The van der Waals surface area contributed by atoms with Crippen LogP contribution in [0.4, 0.5) is 0 Å². The smallest absolute Gasteiger partial charge is 0.243 e. The summed E-state index contributed by atoms with van der Waals surface area (Å²) >= 11 is 0. The Kier molecular flexibility index (Phi) is 16.9. The molecule has 3 atom stereocenters. The minimum atomic E-state index is -0.762. The van der Waals surface area contributed by atoms with Gasteiger partial charge in [0.1, 0.15) is 12.1 Å². The summed E-state index contributed by atoms with van der Waals surface area (Å²) in [4.78, 5) is 51.5. The van der Waals surface area contributed by atoms with Crippen molar-refractivity contribution >= 4 is 23.6 Å². The van der Waals surface area contributed by atoms with Crippen molar-refractivity contribution < 1.29 is 19.2 Å². The molecule has 0 aliphatic carbocycles. The molecule has 1 saturated heterocycles. The molecule has 4 amide bonds. The third kappa shape index (κ3) is 15.0. The molecule has 9 heteroatoms. The van der Waals surface area contributed by atoms with Gasteiger partial charge in [0.05, 0.1) is 6.54 Å². The van der Waals surface area contributed by atoms with E-state index in [2.05, 4.69) is 47.4 Å². The zero-order valence-corrected chi connectivity index (χ0v) is 23.9. The number of rotatable bonds is 15. The summed E-state index contributed by atoms with van der Waals surface area (Å²) < 4.78 is 0. The molecule has 1 rings (SSSR count). The largest absolute Gasteiger partial charge is 0.351 e. The van der Waals surface area contributed by atoms with E-state index in [0.29, 0.717) is 18.9 Å². The summed E-state index contributed by atoms with van der Waals surface area (Å²) in [5, 5.41) is 14.6. The van der Waals surface area contributed by atoms with Gasteiger partial charge in [0.15, 0.2) is 0 Å². The number of hydrogen-bond donors (Lipinski definition) is 5. The SMILES string of the molecule is CCCCCCCCC[C@@H]1CC(=O)NCC(=O)N[C@@H](CCCCNC(C)C)C(=O)N[C@@H](C(C)C)C(=O)N1. The van der Waals surface area contributed by atoms with Gasteiger partial charge < -0.3 is 26.6 Å². The molecule has 9 nitrogen and oxygen atoms in total. The van der Waals surface area contributed by atoms with E-state index in [-0.39, 0.29) is 42.6 Å². The molecule has 214 valence electrons. The Bertz CT molecular complexity index is 698. The molecule has 1 aliphatic rings. The highest BCUT2D eigenvalue weighted by molar-refractivity contribution is 5.94. The van der Waals surface area contributed by atoms with Crippen LogP contribution in [-0.2, 0) is 19.2 Å². The molecule has 1 aliphatic heterocycles. The van der Waals surface area contributed by atoms with Crippen LogP contribution in [0.15, 0.2) is 0 Å². The van der Waals surface area contributed by atoms with Crippen LogP contribution in [0.3, 0.4) is 0 Å². The average molecular weight is 524 g/mol. The first-order valence-electron chi connectivity index (χ1n) is 14.5. The molecule has 0 unspecified atom stereocenters. The van der Waals surface area contributed by atoms with Gasteiger partial charge in [-0.05, 0) is 38.1 Å². The molecule has 1 heterocycles. The van der Waals surface area contributed by atoms with E-state index in [1.54, 1.807) is 0 Å². The predicted molar refractivity (Wildman–Crippen MR) is 148 cm³/mol. The van der Waals surface area contributed by atoms with Gasteiger partial charge in [-0.25, -0.2) is 0 Å². The van der Waals surface area contributed by atoms with Gasteiger partial charge >= 0.3 is 0 Å². The lowest BCUT2D eigenvalue weighted by molar-refractivity contribution is -0.133. The molecule has 37 heavy (non-hydrogen) atoms. The number of unbranched alkanes of at least 4 members (excludes halogenated alkanes) is 7. The van der Waals surface area contributed by atoms with Gasteiger partial charge in [-0.3, -0.25) is 19.2 Å². The topological polar surface area (TPSA) is 128 Å². The van der Waals surface area contributed by atoms with Crippen LogP contribution in [0.5, 0.6) is 0 Å². The highest BCUT2D eigenvalue weighted by Gasteiger charge is 2.30. The van der Waals surface area contributed by atoms with E-state index in [1.807, 2.05) is 13.8 Å². The van der Waals surface area contributed by atoms with Gasteiger partial charge in [-0.15, -0.1) is 0 Å². The van der Waals surface area contributed by atoms with Gasteiger partial charge in [-0.2, -0.15) is 0 Å². The first-order valence-corrected chi connectivity index (χ1v) is 14.5. The fraction of sp³-hybridized carbons (Fsp3) is 0.857. The fourth-order valence-corrected chi connectivity index (χ4v) is 4.51. The Morgan fingerprint density at radius 1 is 0.757 bits per heavy atom. The standard InChI is InChI=1S/C28H53N5O4/c1-6-7-8-9-10-11-12-15-22-18-24(34)30-19-25(35)32-23(16-13-14-17-29-21(4)5)27(36)33-26(20(2)3)28(37)31-22/h20-23,26,29H,6-19H2,1-5H3,(H,30,34)(H,31,37)(H,32,35)(H,33,36)/t22-,23+,26+/m1/s1. The van der Waals surface area contributed by atoms with Gasteiger partial charge in [0, 0.05) is 18.5 Å². The minimum absolute atomic E-state index is 0.111. The Morgan fingerprint density at radius 3 is 2.05 bits per heavy atom. The van der Waals surface area contributed by atoms with Gasteiger partial charge in [0.2, 0.25) is 23.6 Å². The van der Waals surface area contributed by atoms with E-state index in [9.17, 15) is 19.2 Å². The summed E-state index contributed by atoms with van der Waals surface area (Å²) in [6, 6.07) is -1.46. The lowest BCUT2D eigenvalue weighted by Crippen LogP contribution is -2.56. The third-order valence-electron chi connectivity index (χ3n) is 6.75. The zero-order valence-electron chi connectivity index (χ0n) is 23.9. The lowest BCUT2D eigenvalue weighted by Gasteiger charge is -2.27. The van der Waals surface area contributed by atoms with Crippen molar-refractivity contribution in [2.45, 2.75) is 136 Å². The predicted octanol–water partition coefficient (Wildman–Crippen LogP) is 2.93. The number of amides is 4. The summed E-state index contributed by atoms with van der Waals surface area (Å²) in [5.74, 6) is -1.48. The van der Waals surface area contributed by atoms with Crippen LogP contribution in [0.2, 0.25) is 0 Å². The zero-order chi connectivity index (χ0) is 27.6. The summed E-state index contributed by atoms with van der Waals surface area (Å²) in [7, 11) is 0. The van der Waals surface area contributed by atoms with Crippen LogP contribution in [-0.4, -0.2) is 60.9 Å². The first-order chi connectivity index (χ1) is 17.6. The molecule has 0 radical (unpaired) electrons. The van der Waals surface area contributed by atoms with E-state index in [1.165, 1.54) is 25.7 Å². The molecule has 0 saturated carbocycles. The second-order valence-corrected chi connectivity index (χ2v) is 11.1. The molecular formula is C28H53N5O4. The lowest BCUT2D eigenvalue weighted by atomic mass is 9.99. The second-order valence-electron chi connectivity index (χ2n) is 11.1. The highest BCUT2D eigenvalue weighted by atomic mass is 16.2. The average Bonchev–Trinajstić information content (AvgIpc) is 2.83. The maximum Gasteiger partial charge on any atom is 0.243 e. The van der Waals surface area contributed by atoms with Crippen molar-refractivity contribution in [3.8, 4) is 0 Å². The number of nitrogens with one attached hydrogen (secondary N) is 5. The van der Waals surface area contributed by atoms with Crippen LogP contribution in [0.1, 0.15) is 112 Å². The van der Waals surface area contributed by atoms with E-state index < -0.39 is 18.0 Å². The van der Waals surface area contributed by atoms with Gasteiger partial charge in [0.25, 0.3) is 0 Å². The molecule has 1 fully saturated rings. The highest BCUT2D eigenvalue weighted by Crippen LogP contribution is 2.13. The molecule has 0 bridgehead atoms. The van der Waals surface area contributed by atoms with Crippen molar-refractivity contribution in [1.82, 2.24) is 26.6 Å². The van der Waals surface area contributed by atoms with Crippen molar-refractivity contribution in [2.75, 3.05) is 13.1 Å². The van der Waals surface area contributed by atoms with E-state index >= 15 is 0 Å². The first kappa shape index (κ1) is 32.9. The Balaban J connectivity index is 2.83. The van der Waals surface area contributed by atoms with Crippen LogP contribution in [0.25, 0.3) is 0 Å². The maximum absolute atomic E-state index is 13.2. The third-order valence-corrected chi connectivity index (χ3v) is 6.75. The van der Waals surface area contributed by atoms with Crippen LogP contribution >= 0.6 is 0 Å². The van der Waals surface area contributed by atoms with Gasteiger partial charge in [-0.1, -0.05) is 79.6 Å². The van der Waals surface area contributed by atoms with Crippen molar-refractivity contribution in [1.29, 1.82) is 0 Å². The Hall–Kier alpha value is -2.16. The quantitative estimate of drug-likeness (QED) is 0.211. The summed E-state index contributed by atoms with van der Waals surface area (Å²) in [6.07, 6.45) is 10.9. The minimum Gasteiger partial charge on any atom is -0.351 e. The Labute approximate surface area is 224 Å². The monoisotopic (exact) mass is 523 g/mol.